The third-order valence-corrected chi connectivity index (χ3v) is 4.01. The quantitative estimate of drug-likeness (QED) is 0.894. The van der Waals surface area contributed by atoms with E-state index < -0.39 is 0 Å². The SMILES string of the molecule is Cc1ncsc1CCNC(C)c1ccc(F)cc1. The normalized spacial score (nSPS) is 12.6. The Kier molecular flexibility index (Phi) is 4.44. The van der Waals surface area contributed by atoms with Gasteiger partial charge in [-0.25, -0.2) is 9.37 Å². The van der Waals surface area contributed by atoms with E-state index in [9.17, 15) is 4.39 Å². The maximum atomic E-state index is 12.8. The first-order valence-corrected chi connectivity index (χ1v) is 6.92. The van der Waals surface area contributed by atoms with Crippen molar-refractivity contribution in [2.45, 2.75) is 26.3 Å². The zero-order valence-corrected chi connectivity index (χ0v) is 11.4. The minimum atomic E-state index is -0.189. The van der Waals surface area contributed by atoms with Gasteiger partial charge in [0.2, 0.25) is 0 Å². The van der Waals surface area contributed by atoms with Crippen molar-refractivity contribution < 1.29 is 4.39 Å². The Labute approximate surface area is 111 Å². The highest BCUT2D eigenvalue weighted by molar-refractivity contribution is 7.09. The minimum absolute atomic E-state index is 0.189. The summed E-state index contributed by atoms with van der Waals surface area (Å²) in [5.41, 5.74) is 4.11. The molecule has 0 spiro atoms. The largest absolute Gasteiger partial charge is 0.310 e. The number of aryl methyl sites for hydroxylation is 1. The van der Waals surface area contributed by atoms with Gasteiger partial charge in [-0.05, 0) is 38.0 Å². The number of benzene rings is 1. The Balaban J connectivity index is 1.83. The molecule has 96 valence electrons. The number of halogens is 1. The predicted molar refractivity (Wildman–Crippen MR) is 73.4 cm³/mol. The zero-order valence-electron chi connectivity index (χ0n) is 10.6. The molecule has 1 N–H and O–H groups in total. The molecule has 0 amide bonds. The van der Waals surface area contributed by atoms with Crippen LogP contribution in [0, 0.1) is 12.7 Å². The molecular formula is C14H17FN2S. The molecule has 4 heteroatoms. The molecule has 0 saturated carbocycles. The Hall–Kier alpha value is -1.26. The van der Waals surface area contributed by atoms with Crippen LogP contribution in [0.2, 0.25) is 0 Å². The number of rotatable bonds is 5. The number of hydrogen-bond acceptors (Lipinski definition) is 3. The Morgan fingerprint density at radius 1 is 1.33 bits per heavy atom. The third kappa shape index (κ3) is 3.37. The van der Waals surface area contributed by atoms with Gasteiger partial charge in [0.25, 0.3) is 0 Å². The molecule has 0 saturated heterocycles. The molecule has 0 aliphatic rings. The third-order valence-electron chi connectivity index (χ3n) is 3.02. The van der Waals surface area contributed by atoms with Crippen LogP contribution in [0.15, 0.2) is 29.8 Å². The maximum Gasteiger partial charge on any atom is 0.123 e. The second kappa shape index (κ2) is 6.07. The Bertz CT molecular complexity index is 493. The molecule has 2 nitrogen and oxygen atoms in total. The molecule has 0 fully saturated rings. The van der Waals surface area contributed by atoms with Crippen LogP contribution < -0.4 is 5.32 Å². The maximum absolute atomic E-state index is 12.8. The lowest BCUT2D eigenvalue weighted by atomic mass is 10.1. The van der Waals surface area contributed by atoms with Crippen LogP contribution in [0.5, 0.6) is 0 Å². The van der Waals surface area contributed by atoms with E-state index in [4.69, 9.17) is 0 Å². The molecular weight excluding hydrogens is 247 g/mol. The lowest BCUT2D eigenvalue weighted by Gasteiger charge is -2.13. The molecule has 0 bridgehead atoms. The topological polar surface area (TPSA) is 24.9 Å². The summed E-state index contributed by atoms with van der Waals surface area (Å²) in [5, 5.41) is 3.44. The van der Waals surface area contributed by atoms with E-state index in [0.29, 0.717) is 0 Å². The molecule has 0 aliphatic carbocycles. The van der Waals surface area contributed by atoms with Gasteiger partial charge in [0.05, 0.1) is 11.2 Å². The van der Waals surface area contributed by atoms with Crippen molar-refractivity contribution in [3.05, 3.63) is 51.7 Å². The van der Waals surface area contributed by atoms with Crippen LogP contribution in [-0.2, 0) is 6.42 Å². The van der Waals surface area contributed by atoms with E-state index in [2.05, 4.69) is 17.2 Å². The Morgan fingerprint density at radius 2 is 2.06 bits per heavy atom. The molecule has 18 heavy (non-hydrogen) atoms. The van der Waals surface area contributed by atoms with Gasteiger partial charge >= 0.3 is 0 Å². The zero-order chi connectivity index (χ0) is 13.0. The molecule has 1 atom stereocenters. The van der Waals surface area contributed by atoms with Gasteiger partial charge in [0.15, 0.2) is 0 Å². The highest BCUT2D eigenvalue weighted by atomic mass is 32.1. The van der Waals surface area contributed by atoms with Crippen molar-refractivity contribution in [3.63, 3.8) is 0 Å². The summed E-state index contributed by atoms with van der Waals surface area (Å²) >= 11 is 1.70. The first-order chi connectivity index (χ1) is 8.66. The molecule has 0 radical (unpaired) electrons. The fraction of sp³-hybridized carbons (Fsp3) is 0.357. The highest BCUT2D eigenvalue weighted by Crippen LogP contribution is 2.15. The molecule has 1 aromatic heterocycles. The van der Waals surface area contributed by atoms with Gasteiger partial charge in [-0.15, -0.1) is 11.3 Å². The lowest BCUT2D eigenvalue weighted by Crippen LogP contribution is -2.21. The summed E-state index contributed by atoms with van der Waals surface area (Å²) in [7, 11) is 0. The van der Waals surface area contributed by atoms with E-state index in [1.807, 2.05) is 24.6 Å². The second-order valence-corrected chi connectivity index (χ2v) is 5.28. The van der Waals surface area contributed by atoms with Crippen LogP contribution in [-0.4, -0.2) is 11.5 Å². The number of nitrogens with one attached hydrogen (secondary N) is 1. The summed E-state index contributed by atoms with van der Waals surface area (Å²) in [6.45, 7) is 5.03. The van der Waals surface area contributed by atoms with Crippen LogP contribution in [0.3, 0.4) is 0 Å². The number of hydrogen-bond donors (Lipinski definition) is 1. The van der Waals surface area contributed by atoms with Crippen molar-refractivity contribution in [2.75, 3.05) is 6.54 Å². The summed E-state index contributed by atoms with van der Waals surface area (Å²) in [6, 6.07) is 6.89. The van der Waals surface area contributed by atoms with E-state index in [1.165, 1.54) is 17.0 Å². The van der Waals surface area contributed by atoms with Crippen molar-refractivity contribution in [3.8, 4) is 0 Å². The predicted octanol–water partition coefficient (Wildman–Crippen LogP) is 3.48. The van der Waals surface area contributed by atoms with Crippen molar-refractivity contribution >= 4 is 11.3 Å². The number of nitrogens with zero attached hydrogens (tertiary/aromatic N) is 1. The lowest BCUT2D eigenvalue weighted by molar-refractivity contribution is 0.574. The summed E-state index contributed by atoms with van der Waals surface area (Å²) in [5.74, 6) is -0.189. The standard InChI is InChI=1S/C14H17FN2S/c1-10(12-3-5-13(15)6-4-12)16-8-7-14-11(2)17-9-18-14/h3-6,9-10,16H,7-8H2,1-2H3. The first-order valence-electron chi connectivity index (χ1n) is 6.04. The highest BCUT2D eigenvalue weighted by Gasteiger charge is 2.06. The summed E-state index contributed by atoms with van der Waals surface area (Å²) in [4.78, 5) is 5.56. The molecule has 1 unspecified atom stereocenters. The monoisotopic (exact) mass is 264 g/mol. The molecule has 2 aromatic rings. The van der Waals surface area contributed by atoms with E-state index in [1.54, 1.807) is 11.3 Å². The fourth-order valence-corrected chi connectivity index (χ4v) is 2.62. The first kappa shape index (κ1) is 13.2. The van der Waals surface area contributed by atoms with E-state index in [0.717, 1.165) is 24.2 Å². The molecule has 0 aliphatic heterocycles. The molecule has 1 aromatic carbocycles. The van der Waals surface area contributed by atoms with Crippen LogP contribution in [0.25, 0.3) is 0 Å². The van der Waals surface area contributed by atoms with Crippen molar-refractivity contribution in [2.24, 2.45) is 0 Å². The van der Waals surface area contributed by atoms with Crippen LogP contribution in [0.4, 0.5) is 4.39 Å². The van der Waals surface area contributed by atoms with Crippen LogP contribution >= 0.6 is 11.3 Å². The summed E-state index contributed by atoms with van der Waals surface area (Å²) in [6.07, 6.45) is 0.988. The van der Waals surface area contributed by atoms with Crippen LogP contribution in [0.1, 0.15) is 29.1 Å². The average molecular weight is 264 g/mol. The van der Waals surface area contributed by atoms with Gasteiger partial charge in [-0.2, -0.15) is 0 Å². The molecule has 1 heterocycles. The van der Waals surface area contributed by atoms with Gasteiger partial charge in [-0.3, -0.25) is 0 Å². The smallest absolute Gasteiger partial charge is 0.123 e. The van der Waals surface area contributed by atoms with Gasteiger partial charge < -0.3 is 5.32 Å². The molecule has 2 rings (SSSR count). The number of aromatic nitrogens is 1. The second-order valence-electron chi connectivity index (χ2n) is 4.34. The Morgan fingerprint density at radius 3 is 2.67 bits per heavy atom. The fourth-order valence-electron chi connectivity index (χ4n) is 1.84. The number of thiazole rings is 1. The van der Waals surface area contributed by atoms with Crippen molar-refractivity contribution in [1.82, 2.24) is 10.3 Å². The average Bonchev–Trinajstić information content (AvgIpc) is 2.76. The van der Waals surface area contributed by atoms with Crippen molar-refractivity contribution in [1.29, 1.82) is 0 Å². The van der Waals surface area contributed by atoms with Gasteiger partial charge in [0, 0.05) is 17.5 Å². The van der Waals surface area contributed by atoms with Gasteiger partial charge in [0.1, 0.15) is 5.82 Å². The van der Waals surface area contributed by atoms with E-state index in [-0.39, 0.29) is 11.9 Å². The van der Waals surface area contributed by atoms with E-state index >= 15 is 0 Å². The van der Waals surface area contributed by atoms with Gasteiger partial charge in [-0.1, -0.05) is 12.1 Å². The minimum Gasteiger partial charge on any atom is -0.310 e. The summed E-state index contributed by atoms with van der Waals surface area (Å²) < 4.78 is 12.8.